The van der Waals surface area contributed by atoms with Crippen molar-refractivity contribution in [1.82, 2.24) is 0 Å². The molecule has 0 spiro atoms. The summed E-state index contributed by atoms with van der Waals surface area (Å²) in [4.78, 5) is 0. The van der Waals surface area contributed by atoms with Gasteiger partial charge in [-0.25, -0.2) is 0 Å². The van der Waals surface area contributed by atoms with Crippen LogP contribution in [0.2, 0.25) is 16.6 Å². The molecule has 106 valence electrons. The molecule has 0 bridgehead atoms. The van der Waals surface area contributed by atoms with Gasteiger partial charge in [0.05, 0.1) is 6.10 Å². The molecular weight excluding hydrogens is 351 g/mol. The van der Waals surface area contributed by atoms with E-state index in [1.165, 1.54) is 22.8 Å². The number of hydrogen-bond acceptors (Lipinski definition) is 1. The minimum atomic E-state index is -1.70. The van der Waals surface area contributed by atoms with Gasteiger partial charge in [-0.05, 0) is 58.5 Å². The molecule has 0 aromatic heterocycles. The van der Waals surface area contributed by atoms with Crippen molar-refractivity contribution in [2.45, 2.75) is 83.5 Å². The Morgan fingerprint density at radius 1 is 1.11 bits per heavy atom. The number of halogens is 1. The standard InChI is InChI=1S/C15H29IOSi/c1-11(2)18(12(3)4,13(5)6)17-15-10-8-7-9-14(15)16/h9,11-13,15H,7-8,10H2,1-6H3/t15-/m1/s1. The average Bonchev–Trinajstić information content (AvgIpc) is 2.26. The summed E-state index contributed by atoms with van der Waals surface area (Å²) in [6.45, 7) is 14.2. The van der Waals surface area contributed by atoms with Crippen molar-refractivity contribution in [2.75, 3.05) is 0 Å². The first-order valence-corrected chi connectivity index (χ1v) is 10.6. The molecule has 3 heteroatoms. The van der Waals surface area contributed by atoms with E-state index in [4.69, 9.17) is 4.43 Å². The maximum absolute atomic E-state index is 6.84. The third kappa shape index (κ3) is 3.40. The zero-order valence-electron chi connectivity index (χ0n) is 12.8. The first-order valence-electron chi connectivity index (χ1n) is 7.35. The molecule has 1 aliphatic carbocycles. The van der Waals surface area contributed by atoms with E-state index in [1.54, 1.807) is 0 Å². The minimum absolute atomic E-state index is 0.387. The van der Waals surface area contributed by atoms with E-state index in [0.29, 0.717) is 22.7 Å². The summed E-state index contributed by atoms with van der Waals surface area (Å²) in [7, 11) is -1.70. The molecule has 1 rings (SSSR count). The molecule has 1 nitrogen and oxygen atoms in total. The van der Waals surface area contributed by atoms with Crippen molar-refractivity contribution in [1.29, 1.82) is 0 Å². The van der Waals surface area contributed by atoms with E-state index < -0.39 is 8.32 Å². The van der Waals surface area contributed by atoms with Crippen LogP contribution in [-0.2, 0) is 4.43 Å². The van der Waals surface area contributed by atoms with Gasteiger partial charge < -0.3 is 4.43 Å². The Balaban J connectivity index is 2.97. The van der Waals surface area contributed by atoms with Gasteiger partial charge in [0, 0.05) is 3.58 Å². The molecule has 0 saturated heterocycles. The second-order valence-electron chi connectivity index (χ2n) is 6.44. The lowest BCUT2D eigenvalue weighted by Gasteiger charge is -2.45. The zero-order valence-corrected chi connectivity index (χ0v) is 16.0. The summed E-state index contributed by atoms with van der Waals surface area (Å²) in [6.07, 6.45) is 6.50. The molecule has 18 heavy (non-hydrogen) atoms. The van der Waals surface area contributed by atoms with Gasteiger partial charge in [0.1, 0.15) is 0 Å². The Hall–Kier alpha value is 0.647. The first-order chi connectivity index (χ1) is 8.32. The molecule has 0 radical (unpaired) electrons. The molecule has 0 fully saturated rings. The summed E-state index contributed by atoms with van der Waals surface area (Å²) < 4.78 is 8.28. The molecule has 0 unspecified atom stereocenters. The summed E-state index contributed by atoms with van der Waals surface area (Å²) in [5, 5.41) is 0. The molecule has 0 aliphatic heterocycles. The number of allylic oxidation sites excluding steroid dienone is 1. The van der Waals surface area contributed by atoms with Crippen LogP contribution in [0.15, 0.2) is 9.66 Å². The Morgan fingerprint density at radius 3 is 2.00 bits per heavy atom. The van der Waals surface area contributed by atoms with E-state index in [9.17, 15) is 0 Å². The highest BCUT2D eigenvalue weighted by molar-refractivity contribution is 14.1. The third-order valence-corrected chi connectivity index (χ3v) is 11.6. The number of rotatable bonds is 5. The van der Waals surface area contributed by atoms with Crippen LogP contribution in [0.1, 0.15) is 60.8 Å². The topological polar surface area (TPSA) is 9.23 Å². The lowest BCUT2D eigenvalue weighted by molar-refractivity contribution is 0.198. The molecule has 0 aromatic carbocycles. The Morgan fingerprint density at radius 2 is 1.61 bits per heavy atom. The van der Waals surface area contributed by atoms with Crippen molar-refractivity contribution in [3.63, 3.8) is 0 Å². The van der Waals surface area contributed by atoms with E-state index in [2.05, 4.69) is 70.2 Å². The third-order valence-electron chi connectivity index (χ3n) is 4.37. The van der Waals surface area contributed by atoms with Crippen LogP contribution < -0.4 is 0 Å². The minimum Gasteiger partial charge on any atom is -0.409 e. The molecule has 0 aromatic rings. The van der Waals surface area contributed by atoms with Gasteiger partial charge in [-0.2, -0.15) is 0 Å². The van der Waals surface area contributed by atoms with E-state index in [0.717, 1.165) is 0 Å². The molecule has 0 saturated carbocycles. The van der Waals surface area contributed by atoms with Gasteiger partial charge in [-0.15, -0.1) is 0 Å². The Bertz CT molecular complexity index is 275. The number of hydrogen-bond donors (Lipinski definition) is 0. The Kier molecular flexibility index (Phi) is 6.39. The van der Waals surface area contributed by atoms with Crippen molar-refractivity contribution in [3.8, 4) is 0 Å². The maximum atomic E-state index is 6.84. The fourth-order valence-electron chi connectivity index (χ4n) is 3.58. The highest BCUT2D eigenvalue weighted by Crippen LogP contribution is 2.45. The fraction of sp³-hybridized carbons (Fsp3) is 0.867. The normalized spacial score (nSPS) is 21.9. The summed E-state index contributed by atoms with van der Waals surface area (Å²) in [6, 6.07) is 0. The molecule has 1 aliphatic rings. The molecule has 1 atom stereocenters. The van der Waals surface area contributed by atoms with Gasteiger partial charge in [0.25, 0.3) is 0 Å². The highest BCUT2D eigenvalue weighted by atomic mass is 127. The quantitative estimate of drug-likeness (QED) is 0.417. The molecule has 0 N–H and O–H groups in total. The van der Waals surface area contributed by atoms with Crippen LogP contribution in [0.4, 0.5) is 0 Å². The Labute approximate surface area is 128 Å². The predicted molar refractivity (Wildman–Crippen MR) is 91.9 cm³/mol. The smallest absolute Gasteiger partial charge is 0.201 e. The second kappa shape index (κ2) is 6.89. The van der Waals surface area contributed by atoms with Gasteiger partial charge in [0.15, 0.2) is 0 Å². The maximum Gasteiger partial charge on any atom is 0.201 e. The lowest BCUT2D eigenvalue weighted by atomic mass is 10.1. The van der Waals surface area contributed by atoms with Crippen LogP contribution in [0.25, 0.3) is 0 Å². The van der Waals surface area contributed by atoms with E-state index >= 15 is 0 Å². The van der Waals surface area contributed by atoms with Gasteiger partial charge in [0.2, 0.25) is 8.32 Å². The van der Waals surface area contributed by atoms with E-state index in [-0.39, 0.29) is 0 Å². The fourth-order valence-corrected chi connectivity index (χ4v) is 10.1. The lowest BCUT2D eigenvalue weighted by Crippen LogP contribution is -2.50. The van der Waals surface area contributed by atoms with Crippen LogP contribution in [0.3, 0.4) is 0 Å². The predicted octanol–water partition coefficient (Wildman–Crippen LogP) is 6.05. The zero-order chi connectivity index (χ0) is 13.9. The van der Waals surface area contributed by atoms with Crippen molar-refractivity contribution in [2.24, 2.45) is 0 Å². The van der Waals surface area contributed by atoms with Crippen molar-refractivity contribution < 1.29 is 4.43 Å². The van der Waals surface area contributed by atoms with Crippen LogP contribution in [-0.4, -0.2) is 14.4 Å². The van der Waals surface area contributed by atoms with Gasteiger partial charge in [-0.1, -0.05) is 47.6 Å². The average molecular weight is 380 g/mol. The van der Waals surface area contributed by atoms with Gasteiger partial charge >= 0.3 is 0 Å². The van der Waals surface area contributed by atoms with Crippen molar-refractivity contribution in [3.05, 3.63) is 9.66 Å². The second-order valence-corrected chi connectivity index (χ2v) is 13.1. The SMILES string of the molecule is CC(C)[Si](O[C@@H]1CCCC=C1I)(C(C)C)C(C)C. The molecule has 0 heterocycles. The van der Waals surface area contributed by atoms with Gasteiger partial charge in [-0.3, -0.25) is 0 Å². The van der Waals surface area contributed by atoms with Crippen LogP contribution >= 0.6 is 22.6 Å². The summed E-state index contributed by atoms with van der Waals surface area (Å²) in [5.41, 5.74) is 2.05. The summed E-state index contributed by atoms with van der Waals surface area (Å²) in [5.74, 6) is 0. The molecule has 0 amide bonds. The molecular formula is C15H29IOSi. The monoisotopic (exact) mass is 380 g/mol. The van der Waals surface area contributed by atoms with E-state index in [1.807, 2.05) is 0 Å². The summed E-state index contributed by atoms with van der Waals surface area (Å²) >= 11 is 2.49. The van der Waals surface area contributed by atoms with Crippen LogP contribution in [0.5, 0.6) is 0 Å². The highest BCUT2D eigenvalue weighted by Gasteiger charge is 2.46. The van der Waals surface area contributed by atoms with Crippen LogP contribution in [0, 0.1) is 0 Å². The largest absolute Gasteiger partial charge is 0.409 e. The first kappa shape index (κ1) is 16.7. The van der Waals surface area contributed by atoms with Crippen molar-refractivity contribution >= 4 is 30.9 Å².